The highest BCUT2D eigenvalue weighted by Crippen LogP contribution is 2.25. The van der Waals surface area contributed by atoms with Gasteiger partial charge in [0.2, 0.25) is 11.8 Å². The summed E-state index contributed by atoms with van der Waals surface area (Å²) in [5.41, 5.74) is 2.72. The Morgan fingerprint density at radius 3 is 2.42 bits per heavy atom. The normalized spacial score (nSPS) is 13.6. The third-order valence-corrected chi connectivity index (χ3v) is 4.52. The average molecular weight is 342 g/mol. The lowest BCUT2D eigenvalue weighted by Gasteiger charge is -2.24. The molecular formula is C19H20ClN3O. The summed E-state index contributed by atoms with van der Waals surface area (Å²) < 4.78 is 5.86. The number of nitrogens with one attached hydrogen (secondary N) is 1. The number of aryl methyl sites for hydroxylation is 1. The Morgan fingerprint density at radius 1 is 1.04 bits per heavy atom. The van der Waals surface area contributed by atoms with Crippen LogP contribution >= 0.6 is 11.6 Å². The number of halogens is 1. The van der Waals surface area contributed by atoms with Crippen LogP contribution in [0.1, 0.15) is 23.9 Å². The van der Waals surface area contributed by atoms with E-state index in [4.69, 9.17) is 16.0 Å². The predicted octanol–water partition coefficient (Wildman–Crippen LogP) is 4.29. The first-order chi connectivity index (χ1) is 11.6. The molecule has 0 saturated heterocycles. The molecule has 1 heterocycles. The Kier molecular flexibility index (Phi) is 4.97. The monoisotopic (exact) mass is 341 g/mol. The summed E-state index contributed by atoms with van der Waals surface area (Å²) in [5, 5.41) is 11.8. The van der Waals surface area contributed by atoms with E-state index in [-0.39, 0.29) is 0 Å². The lowest BCUT2D eigenvalue weighted by Crippen LogP contribution is -2.41. The average Bonchev–Trinajstić information content (AvgIpc) is 3.12. The van der Waals surface area contributed by atoms with Gasteiger partial charge in [-0.2, -0.15) is 0 Å². The molecule has 0 aliphatic carbocycles. The van der Waals surface area contributed by atoms with Crippen molar-refractivity contribution in [3.63, 3.8) is 0 Å². The third kappa shape index (κ3) is 3.66. The fourth-order valence-corrected chi connectivity index (χ4v) is 2.54. The van der Waals surface area contributed by atoms with E-state index in [0.717, 1.165) is 5.56 Å². The number of hydrogen-bond donors (Lipinski definition) is 1. The van der Waals surface area contributed by atoms with E-state index in [2.05, 4.69) is 46.7 Å². The standard InChI is InChI=1S/C19H20ClN3O/c1-14-8-10-15(11-9-14)12-21-19(2,13-20)18-23-22-17(24-18)16-6-4-3-5-7-16/h3-11,21H,12-13H2,1-2H3. The summed E-state index contributed by atoms with van der Waals surface area (Å²) in [5.74, 6) is 1.32. The molecule has 0 fully saturated rings. The summed E-state index contributed by atoms with van der Waals surface area (Å²) in [6.07, 6.45) is 0. The van der Waals surface area contributed by atoms with Gasteiger partial charge in [0.1, 0.15) is 5.54 Å². The second-order valence-corrected chi connectivity index (χ2v) is 6.35. The van der Waals surface area contributed by atoms with Crippen LogP contribution in [0.4, 0.5) is 0 Å². The predicted molar refractivity (Wildman–Crippen MR) is 95.8 cm³/mol. The van der Waals surface area contributed by atoms with E-state index in [1.807, 2.05) is 37.3 Å². The molecule has 1 unspecified atom stereocenters. The second kappa shape index (κ2) is 7.16. The molecule has 0 radical (unpaired) electrons. The van der Waals surface area contributed by atoms with Gasteiger partial charge in [-0.25, -0.2) is 0 Å². The van der Waals surface area contributed by atoms with Crippen molar-refractivity contribution >= 4 is 11.6 Å². The number of benzene rings is 2. The van der Waals surface area contributed by atoms with Crippen LogP contribution in [0, 0.1) is 6.92 Å². The van der Waals surface area contributed by atoms with Crippen LogP contribution in [0.15, 0.2) is 59.0 Å². The van der Waals surface area contributed by atoms with Crippen LogP contribution in [0.25, 0.3) is 11.5 Å². The van der Waals surface area contributed by atoms with Crippen LogP contribution in [0.2, 0.25) is 0 Å². The summed E-state index contributed by atoms with van der Waals surface area (Å²) in [7, 11) is 0. The molecule has 1 aromatic heterocycles. The molecule has 5 heteroatoms. The Balaban J connectivity index is 1.77. The Labute approximate surface area is 146 Å². The molecule has 2 aromatic carbocycles. The molecule has 0 saturated carbocycles. The first-order valence-corrected chi connectivity index (χ1v) is 8.40. The van der Waals surface area contributed by atoms with Gasteiger partial charge >= 0.3 is 0 Å². The van der Waals surface area contributed by atoms with Gasteiger partial charge in [-0.3, -0.25) is 5.32 Å². The van der Waals surface area contributed by atoms with Crippen molar-refractivity contribution in [2.24, 2.45) is 0 Å². The molecule has 24 heavy (non-hydrogen) atoms. The maximum absolute atomic E-state index is 6.20. The van der Waals surface area contributed by atoms with Crippen LogP contribution in [-0.2, 0) is 12.1 Å². The van der Waals surface area contributed by atoms with Crippen LogP contribution in [0.3, 0.4) is 0 Å². The number of aromatic nitrogens is 2. The van der Waals surface area contributed by atoms with Gasteiger partial charge in [-0.15, -0.1) is 21.8 Å². The summed E-state index contributed by atoms with van der Waals surface area (Å²) in [4.78, 5) is 0. The van der Waals surface area contributed by atoms with Crippen molar-refractivity contribution in [1.82, 2.24) is 15.5 Å². The zero-order valence-electron chi connectivity index (χ0n) is 13.8. The van der Waals surface area contributed by atoms with Gasteiger partial charge in [0.05, 0.1) is 0 Å². The van der Waals surface area contributed by atoms with Crippen molar-refractivity contribution < 1.29 is 4.42 Å². The molecule has 3 aromatic rings. The Hall–Kier alpha value is -2.17. The fourth-order valence-electron chi connectivity index (χ4n) is 2.33. The molecule has 0 aliphatic heterocycles. The molecule has 0 bridgehead atoms. The van der Waals surface area contributed by atoms with Gasteiger partial charge in [0.15, 0.2) is 0 Å². The van der Waals surface area contributed by atoms with E-state index in [0.29, 0.717) is 24.2 Å². The highest BCUT2D eigenvalue weighted by atomic mass is 35.5. The van der Waals surface area contributed by atoms with Gasteiger partial charge in [-0.1, -0.05) is 48.0 Å². The van der Waals surface area contributed by atoms with Gasteiger partial charge in [0, 0.05) is 18.0 Å². The second-order valence-electron chi connectivity index (χ2n) is 6.08. The molecular weight excluding hydrogens is 322 g/mol. The van der Waals surface area contributed by atoms with Crippen molar-refractivity contribution in [1.29, 1.82) is 0 Å². The fraction of sp³-hybridized carbons (Fsp3) is 0.263. The molecule has 1 N–H and O–H groups in total. The van der Waals surface area contributed by atoms with E-state index in [9.17, 15) is 0 Å². The van der Waals surface area contributed by atoms with Crippen molar-refractivity contribution in [3.05, 3.63) is 71.6 Å². The van der Waals surface area contributed by atoms with E-state index < -0.39 is 5.54 Å². The smallest absolute Gasteiger partial charge is 0.247 e. The summed E-state index contributed by atoms with van der Waals surface area (Å²) >= 11 is 6.20. The first-order valence-electron chi connectivity index (χ1n) is 7.87. The SMILES string of the molecule is Cc1ccc(CNC(C)(CCl)c2nnc(-c3ccccc3)o2)cc1. The molecule has 0 aliphatic rings. The minimum absolute atomic E-state index is 0.329. The molecule has 3 rings (SSSR count). The third-order valence-electron chi connectivity index (χ3n) is 3.99. The number of alkyl halides is 1. The van der Waals surface area contributed by atoms with E-state index >= 15 is 0 Å². The molecule has 124 valence electrons. The molecule has 1 atom stereocenters. The van der Waals surface area contributed by atoms with Crippen LogP contribution in [0.5, 0.6) is 0 Å². The molecule has 0 amide bonds. The number of nitrogens with zero attached hydrogens (tertiary/aromatic N) is 2. The van der Waals surface area contributed by atoms with Gasteiger partial charge < -0.3 is 4.42 Å². The lowest BCUT2D eigenvalue weighted by molar-refractivity contribution is 0.313. The summed E-state index contributed by atoms with van der Waals surface area (Å²) in [6, 6.07) is 18.1. The molecule has 4 nitrogen and oxygen atoms in total. The highest BCUT2D eigenvalue weighted by Gasteiger charge is 2.31. The van der Waals surface area contributed by atoms with Gasteiger partial charge in [-0.05, 0) is 31.5 Å². The van der Waals surface area contributed by atoms with E-state index in [1.54, 1.807) is 0 Å². The van der Waals surface area contributed by atoms with E-state index in [1.165, 1.54) is 11.1 Å². The first kappa shape index (κ1) is 16.7. The Bertz CT molecular complexity index is 786. The topological polar surface area (TPSA) is 51.0 Å². The zero-order chi connectivity index (χ0) is 17.0. The summed E-state index contributed by atoms with van der Waals surface area (Å²) in [6.45, 7) is 4.71. The minimum Gasteiger partial charge on any atom is -0.419 e. The minimum atomic E-state index is -0.591. The lowest BCUT2D eigenvalue weighted by atomic mass is 10.0. The van der Waals surface area contributed by atoms with Crippen molar-refractivity contribution in [2.45, 2.75) is 25.9 Å². The van der Waals surface area contributed by atoms with Crippen LogP contribution < -0.4 is 5.32 Å². The van der Waals surface area contributed by atoms with Crippen molar-refractivity contribution in [3.8, 4) is 11.5 Å². The Morgan fingerprint density at radius 2 is 1.75 bits per heavy atom. The van der Waals surface area contributed by atoms with Gasteiger partial charge in [0.25, 0.3) is 0 Å². The largest absolute Gasteiger partial charge is 0.419 e. The molecule has 0 spiro atoms. The van der Waals surface area contributed by atoms with Crippen LogP contribution in [-0.4, -0.2) is 16.1 Å². The highest BCUT2D eigenvalue weighted by molar-refractivity contribution is 6.18. The maximum atomic E-state index is 6.20. The number of rotatable bonds is 6. The zero-order valence-corrected chi connectivity index (χ0v) is 14.5. The van der Waals surface area contributed by atoms with Crippen molar-refractivity contribution in [2.75, 3.05) is 5.88 Å². The number of hydrogen-bond acceptors (Lipinski definition) is 4. The maximum Gasteiger partial charge on any atom is 0.247 e. The quantitative estimate of drug-likeness (QED) is 0.679.